The third-order valence-corrected chi connectivity index (χ3v) is 6.97. The van der Waals surface area contributed by atoms with Crippen molar-refractivity contribution in [1.82, 2.24) is 10.1 Å². The minimum atomic E-state index is -0.238. The van der Waals surface area contributed by atoms with Crippen molar-refractivity contribution in [3.05, 3.63) is 59.0 Å². The third-order valence-electron chi connectivity index (χ3n) is 5.90. The predicted molar refractivity (Wildman–Crippen MR) is 134 cm³/mol. The molecule has 3 heterocycles. The number of carbonyl (C=O) groups is 1. The molecule has 1 amide bonds. The van der Waals surface area contributed by atoms with Gasteiger partial charge in [0.15, 0.2) is 16.6 Å². The molecule has 0 unspecified atom stereocenters. The summed E-state index contributed by atoms with van der Waals surface area (Å²) in [5.74, 6) is 1.48. The lowest BCUT2D eigenvalue weighted by Crippen LogP contribution is -2.36. The number of amides is 1. The zero-order valence-corrected chi connectivity index (χ0v) is 20.6. The van der Waals surface area contributed by atoms with Crippen LogP contribution in [0.15, 0.2) is 40.9 Å². The van der Waals surface area contributed by atoms with Crippen LogP contribution in [0.3, 0.4) is 0 Å². The van der Waals surface area contributed by atoms with E-state index in [0.717, 1.165) is 39.7 Å². The molecule has 0 aliphatic carbocycles. The fourth-order valence-electron chi connectivity index (χ4n) is 3.87. The largest absolute Gasteiger partial charge is 0.493 e. The van der Waals surface area contributed by atoms with Gasteiger partial charge in [-0.2, -0.15) is 0 Å². The first-order valence-electron chi connectivity index (χ1n) is 11.3. The van der Waals surface area contributed by atoms with Crippen LogP contribution in [0.5, 0.6) is 11.5 Å². The summed E-state index contributed by atoms with van der Waals surface area (Å²) in [6.07, 6.45) is 0. The van der Waals surface area contributed by atoms with Crippen LogP contribution in [-0.2, 0) is 11.3 Å². The van der Waals surface area contributed by atoms with Gasteiger partial charge >= 0.3 is 0 Å². The van der Waals surface area contributed by atoms with E-state index in [1.54, 1.807) is 36.6 Å². The van der Waals surface area contributed by atoms with Crippen LogP contribution in [0.4, 0.5) is 10.8 Å². The highest BCUT2D eigenvalue weighted by molar-refractivity contribution is 7.22. The minimum Gasteiger partial charge on any atom is -0.493 e. The van der Waals surface area contributed by atoms with Crippen molar-refractivity contribution in [2.75, 3.05) is 43.6 Å². The topological polar surface area (TPSA) is 99.0 Å². The number of rotatable bonds is 7. The van der Waals surface area contributed by atoms with E-state index >= 15 is 0 Å². The summed E-state index contributed by atoms with van der Waals surface area (Å²) in [6.45, 7) is 7.11. The first-order chi connectivity index (χ1) is 17.0. The number of fused-ring (bicyclic) bond motifs is 1. The second kappa shape index (κ2) is 9.93. The molecule has 1 N–H and O–H groups in total. The van der Waals surface area contributed by atoms with E-state index in [0.29, 0.717) is 48.3 Å². The molecule has 35 heavy (non-hydrogen) atoms. The van der Waals surface area contributed by atoms with E-state index in [4.69, 9.17) is 23.7 Å². The number of morpholine rings is 1. The number of hydrogen-bond acceptors (Lipinski definition) is 9. The van der Waals surface area contributed by atoms with E-state index in [2.05, 4.69) is 15.4 Å². The lowest BCUT2D eigenvalue weighted by atomic mass is 10.1. The zero-order valence-electron chi connectivity index (χ0n) is 19.8. The molecule has 1 aliphatic heterocycles. The number of methoxy groups -OCH3 is 1. The molecule has 4 aromatic rings. The van der Waals surface area contributed by atoms with Crippen molar-refractivity contribution < 1.29 is 23.5 Å². The van der Waals surface area contributed by atoms with Crippen LogP contribution in [-0.4, -0.2) is 49.5 Å². The van der Waals surface area contributed by atoms with Crippen LogP contribution in [0, 0.1) is 13.8 Å². The first kappa shape index (κ1) is 23.1. The molecule has 5 rings (SSSR count). The molecule has 2 aromatic heterocycles. The van der Waals surface area contributed by atoms with Gasteiger partial charge in [0.2, 0.25) is 0 Å². The van der Waals surface area contributed by atoms with Gasteiger partial charge in [0, 0.05) is 24.3 Å². The fraction of sp³-hybridized carbons (Fsp3) is 0.320. The molecule has 1 saturated heterocycles. The zero-order chi connectivity index (χ0) is 24.4. The molecule has 9 nitrogen and oxygen atoms in total. The van der Waals surface area contributed by atoms with Crippen molar-refractivity contribution >= 4 is 38.3 Å². The summed E-state index contributed by atoms with van der Waals surface area (Å²) in [4.78, 5) is 19.9. The van der Waals surface area contributed by atoms with E-state index in [-0.39, 0.29) is 5.91 Å². The van der Waals surface area contributed by atoms with Crippen LogP contribution < -0.4 is 19.7 Å². The molecule has 0 radical (unpaired) electrons. The van der Waals surface area contributed by atoms with Crippen molar-refractivity contribution in [2.24, 2.45) is 0 Å². The maximum Gasteiger partial charge on any atom is 0.255 e. The molecule has 0 atom stereocenters. The maximum absolute atomic E-state index is 13.0. The maximum atomic E-state index is 13.0. The van der Waals surface area contributed by atoms with Gasteiger partial charge in [-0.25, -0.2) is 4.98 Å². The van der Waals surface area contributed by atoms with E-state index < -0.39 is 0 Å². The standard InChI is InChI=1S/C25H26N4O5S/c1-15-19(16(2)34-28-15)14-33-21-7-4-17(12-22(21)31-3)24(30)26-18-5-6-20-23(13-18)35-25(27-20)29-8-10-32-11-9-29/h4-7,12-13H,8-11,14H2,1-3H3,(H,26,30). The van der Waals surface area contributed by atoms with Crippen LogP contribution >= 0.6 is 11.3 Å². The van der Waals surface area contributed by atoms with Crippen LogP contribution in [0.25, 0.3) is 10.2 Å². The highest BCUT2D eigenvalue weighted by atomic mass is 32.1. The number of aromatic nitrogens is 2. The van der Waals surface area contributed by atoms with Crippen molar-refractivity contribution in [1.29, 1.82) is 0 Å². The van der Waals surface area contributed by atoms with Gasteiger partial charge in [-0.3, -0.25) is 4.79 Å². The second-order valence-electron chi connectivity index (χ2n) is 8.19. The van der Waals surface area contributed by atoms with Gasteiger partial charge in [0.05, 0.1) is 41.8 Å². The molecule has 1 aliphatic rings. The van der Waals surface area contributed by atoms with Gasteiger partial charge in [0.1, 0.15) is 12.4 Å². The number of hydrogen-bond donors (Lipinski definition) is 1. The number of anilines is 2. The Balaban J connectivity index is 1.29. The van der Waals surface area contributed by atoms with Crippen molar-refractivity contribution in [2.45, 2.75) is 20.5 Å². The van der Waals surface area contributed by atoms with Gasteiger partial charge in [-0.15, -0.1) is 0 Å². The molecule has 2 aromatic carbocycles. The van der Waals surface area contributed by atoms with Gasteiger partial charge in [0.25, 0.3) is 5.91 Å². The van der Waals surface area contributed by atoms with E-state index in [1.807, 2.05) is 32.0 Å². The predicted octanol–water partition coefficient (Wildman–Crippen LogP) is 4.58. The molecule has 0 saturated carbocycles. The van der Waals surface area contributed by atoms with Crippen molar-refractivity contribution in [3.63, 3.8) is 0 Å². The number of nitrogens with one attached hydrogen (secondary N) is 1. The molecule has 0 spiro atoms. The number of aryl methyl sites for hydroxylation is 2. The quantitative estimate of drug-likeness (QED) is 0.399. The Bertz CT molecular complexity index is 1340. The Kier molecular flexibility index (Phi) is 6.56. The molecular weight excluding hydrogens is 468 g/mol. The second-order valence-corrected chi connectivity index (χ2v) is 9.20. The SMILES string of the molecule is COc1cc(C(=O)Nc2ccc3nc(N4CCOCC4)sc3c2)ccc1OCc1c(C)noc1C. The van der Waals surface area contributed by atoms with Crippen molar-refractivity contribution in [3.8, 4) is 11.5 Å². The Morgan fingerprint density at radius 3 is 2.71 bits per heavy atom. The number of ether oxygens (including phenoxy) is 3. The van der Waals surface area contributed by atoms with Crippen LogP contribution in [0.2, 0.25) is 0 Å². The highest BCUT2D eigenvalue weighted by Gasteiger charge is 2.17. The Labute approximate surface area is 206 Å². The molecule has 0 bridgehead atoms. The number of benzene rings is 2. The lowest BCUT2D eigenvalue weighted by Gasteiger charge is -2.25. The number of nitrogens with zero attached hydrogens (tertiary/aromatic N) is 3. The summed E-state index contributed by atoms with van der Waals surface area (Å²) in [6, 6.07) is 10.8. The molecule has 10 heteroatoms. The normalized spacial score (nSPS) is 13.7. The number of carbonyl (C=O) groups excluding carboxylic acids is 1. The monoisotopic (exact) mass is 494 g/mol. The highest BCUT2D eigenvalue weighted by Crippen LogP contribution is 2.32. The Morgan fingerprint density at radius 2 is 1.97 bits per heavy atom. The van der Waals surface area contributed by atoms with Crippen LogP contribution in [0.1, 0.15) is 27.4 Å². The Morgan fingerprint density at radius 1 is 1.14 bits per heavy atom. The van der Waals surface area contributed by atoms with E-state index in [9.17, 15) is 4.79 Å². The summed E-state index contributed by atoms with van der Waals surface area (Å²) < 4.78 is 23.0. The average Bonchev–Trinajstić information content (AvgIpc) is 3.45. The van der Waals surface area contributed by atoms with Gasteiger partial charge < -0.3 is 29.0 Å². The lowest BCUT2D eigenvalue weighted by molar-refractivity contribution is 0.102. The average molecular weight is 495 g/mol. The fourth-order valence-corrected chi connectivity index (χ4v) is 4.93. The van der Waals surface area contributed by atoms with Gasteiger partial charge in [-0.05, 0) is 50.2 Å². The Hall–Kier alpha value is -3.63. The van der Waals surface area contributed by atoms with E-state index in [1.165, 1.54) is 0 Å². The minimum absolute atomic E-state index is 0.238. The first-order valence-corrected chi connectivity index (χ1v) is 12.1. The summed E-state index contributed by atoms with van der Waals surface area (Å²) in [5, 5.41) is 7.89. The van der Waals surface area contributed by atoms with Gasteiger partial charge in [-0.1, -0.05) is 16.5 Å². The summed E-state index contributed by atoms with van der Waals surface area (Å²) in [5.41, 5.74) is 3.76. The molecule has 182 valence electrons. The molecular formula is C25H26N4O5S. The molecule has 1 fully saturated rings. The summed E-state index contributed by atoms with van der Waals surface area (Å²) in [7, 11) is 1.55. The number of thiazole rings is 1. The summed E-state index contributed by atoms with van der Waals surface area (Å²) >= 11 is 1.62. The third kappa shape index (κ3) is 4.94. The smallest absolute Gasteiger partial charge is 0.255 e.